The number of carbonyl (C=O) groups excluding carboxylic acids is 3. The standard InChI is InChI=1S/C17H12F3NO4/c18-17(19,20)16(24)21-13-9-5-4-8-12(13)15(23)25-10-14(22)11-6-2-1-3-7-11/h1-9H,10H2,(H,21,24). The number of halogens is 3. The Hall–Kier alpha value is -3.16. The van der Waals surface area contributed by atoms with Crippen LogP contribution in [-0.2, 0) is 9.53 Å². The molecule has 0 spiro atoms. The second kappa shape index (κ2) is 7.61. The van der Waals surface area contributed by atoms with Crippen LogP contribution >= 0.6 is 0 Å². The number of para-hydroxylation sites is 1. The lowest BCUT2D eigenvalue weighted by Crippen LogP contribution is -2.30. The molecule has 8 heteroatoms. The monoisotopic (exact) mass is 351 g/mol. The lowest BCUT2D eigenvalue weighted by Gasteiger charge is -2.12. The van der Waals surface area contributed by atoms with Gasteiger partial charge in [-0.05, 0) is 12.1 Å². The molecule has 2 rings (SSSR count). The van der Waals surface area contributed by atoms with E-state index in [0.717, 1.165) is 6.07 Å². The number of benzene rings is 2. The van der Waals surface area contributed by atoms with Crippen molar-refractivity contribution in [3.8, 4) is 0 Å². The molecule has 0 unspecified atom stereocenters. The molecule has 0 bridgehead atoms. The number of rotatable bonds is 5. The van der Waals surface area contributed by atoms with Gasteiger partial charge in [0.25, 0.3) is 0 Å². The van der Waals surface area contributed by atoms with Gasteiger partial charge in [-0.15, -0.1) is 0 Å². The van der Waals surface area contributed by atoms with Crippen LogP contribution in [0.4, 0.5) is 18.9 Å². The number of anilines is 1. The Morgan fingerprint density at radius 2 is 1.52 bits per heavy atom. The van der Waals surface area contributed by atoms with Gasteiger partial charge in [0, 0.05) is 5.56 Å². The van der Waals surface area contributed by atoms with Gasteiger partial charge < -0.3 is 10.1 Å². The van der Waals surface area contributed by atoms with Crippen LogP contribution in [0.15, 0.2) is 54.6 Å². The zero-order chi connectivity index (χ0) is 18.4. The third kappa shape index (κ3) is 4.90. The van der Waals surface area contributed by atoms with Crippen LogP contribution in [0.2, 0.25) is 0 Å². The molecular weight excluding hydrogens is 339 g/mol. The van der Waals surface area contributed by atoms with Gasteiger partial charge in [0.2, 0.25) is 0 Å². The first-order valence-electron chi connectivity index (χ1n) is 7.01. The van der Waals surface area contributed by atoms with E-state index in [-0.39, 0.29) is 11.3 Å². The molecule has 0 fully saturated rings. The lowest BCUT2D eigenvalue weighted by molar-refractivity contribution is -0.167. The van der Waals surface area contributed by atoms with Crippen LogP contribution in [0.3, 0.4) is 0 Å². The first-order valence-corrected chi connectivity index (χ1v) is 7.01. The normalized spacial score (nSPS) is 10.8. The molecule has 2 aromatic rings. The maximum Gasteiger partial charge on any atom is 0.471 e. The molecule has 0 aliphatic heterocycles. The summed E-state index contributed by atoms with van der Waals surface area (Å²) in [5, 5.41) is 1.60. The Morgan fingerprint density at radius 3 is 2.16 bits per heavy atom. The van der Waals surface area contributed by atoms with Crippen molar-refractivity contribution in [2.75, 3.05) is 11.9 Å². The average molecular weight is 351 g/mol. The zero-order valence-electron chi connectivity index (χ0n) is 12.7. The minimum Gasteiger partial charge on any atom is -0.454 e. The van der Waals surface area contributed by atoms with Gasteiger partial charge in [-0.1, -0.05) is 42.5 Å². The van der Waals surface area contributed by atoms with Crippen LogP contribution in [0, 0.1) is 0 Å². The van der Waals surface area contributed by atoms with E-state index in [1.54, 1.807) is 23.5 Å². The zero-order valence-corrected chi connectivity index (χ0v) is 12.7. The SMILES string of the molecule is O=C(COC(=O)c1ccccc1NC(=O)C(F)(F)F)c1ccccc1. The van der Waals surface area contributed by atoms with Crippen LogP contribution in [-0.4, -0.2) is 30.4 Å². The van der Waals surface area contributed by atoms with Crippen molar-refractivity contribution in [2.24, 2.45) is 0 Å². The van der Waals surface area contributed by atoms with E-state index in [9.17, 15) is 27.6 Å². The van der Waals surface area contributed by atoms with E-state index in [2.05, 4.69) is 0 Å². The quantitative estimate of drug-likeness (QED) is 0.663. The van der Waals surface area contributed by atoms with Crippen molar-refractivity contribution in [1.29, 1.82) is 0 Å². The summed E-state index contributed by atoms with van der Waals surface area (Å²) in [4.78, 5) is 34.9. The molecule has 0 atom stereocenters. The summed E-state index contributed by atoms with van der Waals surface area (Å²) in [7, 11) is 0. The van der Waals surface area contributed by atoms with Crippen LogP contribution in [0.1, 0.15) is 20.7 Å². The van der Waals surface area contributed by atoms with Crippen LogP contribution < -0.4 is 5.32 Å². The minimum absolute atomic E-state index is 0.291. The number of nitrogens with one attached hydrogen (secondary N) is 1. The summed E-state index contributed by atoms with van der Waals surface area (Å²) in [6, 6.07) is 13.1. The molecule has 1 amide bonds. The molecular formula is C17H12F3NO4. The second-order valence-electron chi connectivity index (χ2n) is 4.86. The summed E-state index contributed by atoms with van der Waals surface area (Å²) in [6.45, 7) is -0.579. The molecule has 2 aromatic carbocycles. The van der Waals surface area contributed by atoms with Gasteiger partial charge in [0.05, 0.1) is 11.3 Å². The first-order chi connectivity index (χ1) is 11.8. The van der Waals surface area contributed by atoms with E-state index in [1.807, 2.05) is 0 Å². The minimum atomic E-state index is -5.10. The molecule has 1 N–H and O–H groups in total. The predicted molar refractivity (Wildman–Crippen MR) is 82.2 cm³/mol. The number of hydrogen-bond donors (Lipinski definition) is 1. The largest absolute Gasteiger partial charge is 0.471 e. The molecule has 130 valence electrons. The Morgan fingerprint density at radius 1 is 0.920 bits per heavy atom. The number of hydrogen-bond acceptors (Lipinski definition) is 4. The average Bonchev–Trinajstić information content (AvgIpc) is 2.59. The van der Waals surface area contributed by atoms with Crippen molar-refractivity contribution in [3.05, 3.63) is 65.7 Å². The predicted octanol–water partition coefficient (Wildman–Crippen LogP) is 3.23. The fraction of sp³-hybridized carbons (Fsp3) is 0.118. The molecule has 0 heterocycles. The number of ether oxygens (including phenoxy) is 1. The summed E-state index contributed by atoms with van der Waals surface area (Å²) in [6.07, 6.45) is -5.10. The Bertz CT molecular complexity index is 788. The molecule has 5 nitrogen and oxygen atoms in total. The van der Waals surface area contributed by atoms with Gasteiger partial charge >= 0.3 is 18.1 Å². The third-order valence-corrected chi connectivity index (χ3v) is 3.08. The molecule has 0 aliphatic rings. The second-order valence-corrected chi connectivity index (χ2v) is 4.86. The van der Waals surface area contributed by atoms with Crippen LogP contribution in [0.5, 0.6) is 0 Å². The number of amides is 1. The Labute approximate surface area is 140 Å². The first kappa shape index (κ1) is 18.2. The molecule has 0 aliphatic carbocycles. The van der Waals surface area contributed by atoms with Crippen molar-refractivity contribution < 1.29 is 32.3 Å². The highest BCUT2D eigenvalue weighted by molar-refractivity contribution is 6.04. The van der Waals surface area contributed by atoms with Crippen molar-refractivity contribution >= 4 is 23.3 Å². The Kier molecular flexibility index (Phi) is 5.53. The third-order valence-electron chi connectivity index (χ3n) is 3.08. The summed E-state index contributed by atoms with van der Waals surface area (Å²) < 4.78 is 41.8. The molecule has 25 heavy (non-hydrogen) atoms. The van der Waals surface area contributed by atoms with E-state index >= 15 is 0 Å². The summed E-state index contributed by atoms with van der Waals surface area (Å²) in [5.41, 5.74) is -0.322. The molecule has 0 aromatic heterocycles. The van der Waals surface area contributed by atoms with Crippen molar-refractivity contribution in [1.82, 2.24) is 0 Å². The van der Waals surface area contributed by atoms with E-state index in [1.165, 1.54) is 30.3 Å². The molecule has 0 saturated heterocycles. The highest BCUT2D eigenvalue weighted by atomic mass is 19.4. The smallest absolute Gasteiger partial charge is 0.454 e. The van der Waals surface area contributed by atoms with Gasteiger partial charge in [-0.2, -0.15) is 13.2 Å². The number of Topliss-reactive ketones (excluding diaryl/α,β-unsaturated/α-hetero) is 1. The van der Waals surface area contributed by atoms with Crippen molar-refractivity contribution in [2.45, 2.75) is 6.18 Å². The van der Waals surface area contributed by atoms with Gasteiger partial charge in [0.15, 0.2) is 12.4 Å². The van der Waals surface area contributed by atoms with Gasteiger partial charge in [-0.25, -0.2) is 4.79 Å². The van der Waals surface area contributed by atoms with E-state index in [4.69, 9.17) is 4.74 Å². The highest BCUT2D eigenvalue weighted by Gasteiger charge is 2.39. The van der Waals surface area contributed by atoms with Gasteiger partial charge in [0.1, 0.15) is 0 Å². The number of esters is 1. The summed E-state index contributed by atoms with van der Waals surface area (Å²) in [5.74, 6) is -3.71. The van der Waals surface area contributed by atoms with E-state index < -0.39 is 30.4 Å². The van der Waals surface area contributed by atoms with Crippen LogP contribution in [0.25, 0.3) is 0 Å². The van der Waals surface area contributed by atoms with Gasteiger partial charge in [-0.3, -0.25) is 9.59 Å². The number of ketones is 1. The maximum atomic E-state index is 12.3. The summed E-state index contributed by atoms with van der Waals surface area (Å²) >= 11 is 0. The van der Waals surface area contributed by atoms with E-state index in [0.29, 0.717) is 5.56 Å². The van der Waals surface area contributed by atoms with Crippen molar-refractivity contribution in [3.63, 3.8) is 0 Å². The lowest BCUT2D eigenvalue weighted by atomic mass is 10.1. The fourth-order valence-electron chi connectivity index (χ4n) is 1.88. The molecule has 0 radical (unpaired) electrons. The molecule has 0 saturated carbocycles. The fourth-order valence-corrected chi connectivity index (χ4v) is 1.88. The number of alkyl halides is 3. The highest BCUT2D eigenvalue weighted by Crippen LogP contribution is 2.21. The maximum absolute atomic E-state index is 12.3. The number of carbonyl (C=O) groups is 3. The topological polar surface area (TPSA) is 72.5 Å². The Balaban J connectivity index is 2.07.